The van der Waals surface area contributed by atoms with Crippen LogP contribution in [0.2, 0.25) is 0 Å². The summed E-state index contributed by atoms with van der Waals surface area (Å²) < 4.78 is 0. The summed E-state index contributed by atoms with van der Waals surface area (Å²) >= 11 is 0. The molecule has 2 aromatic carbocycles. The Morgan fingerprint density at radius 1 is 0.724 bits per heavy atom. The number of hydrogen-bond donors (Lipinski definition) is 1. The van der Waals surface area contributed by atoms with Gasteiger partial charge in [0.05, 0.1) is 5.69 Å². The summed E-state index contributed by atoms with van der Waals surface area (Å²) in [7, 11) is 0. The molecule has 0 bridgehead atoms. The predicted octanol–water partition coefficient (Wildman–Crippen LogP) is 6.36. The van der Waals surface area contributed by atoms with Crippen LogP contribution in [0.5, 0.6) is 0 Å². The monoisotopic (exact) mass is 384 g/mol. The molecule has 0 aliphatic heterocycles. The number of H-pyrrole nitrogens is 1. The molecule has 0 saturated heterocycles. The second-order valence-electron chi connectivity index (χ2n) is 7.88. The van der Waals surface area contributed by atoms with E-state index in [2.05, 4.69) is 86.2 Å². The average molecular weight is 385 g/mol. The molecule has 0 aliphatic rings. The van der Waals surface area contributed by atoms with Crippen LogP contribution in [-0.2, 0) is 0 Å². The zero-order chi connectivity index (χ0) is 20.8. The van der Waals surface area contributed by atoms with Gasteiger partial charge in [-0.15, -0.1) is 0 Å². The summed E-state index contributed by atoms with van der Waals surface area (Å²) in [5.41, 5.74) is 5.81. The van der Waals surface area contributed by atoms with Crippen molar-refractivity contribution in [1.82, 2.24) is 9.97 Å². The minimum absolute atomic E-state index is 0.350. The highest BCUT2D eigenvalue weighted by atomic mass is 16.1. The zero-order valence-electron chi connectivity index (χ0n) is 17.5. The van der Waals surface area contributed by atoms with Gasteiger partial charge in [-0.2, -0.15) is 4.98 Å². The normalized spacial score (nSPS) is 11.9. The van der Waals surface area contributed by atoms with Crippen molar-refractivity contribution in [3.63, 3.8) is 0 Å². The van der Waals surface area contributed by atoms with Gasteiger partial charge in [0.1, 0.15) is 0 Å². The molecule has 1 heterocycles. The van der Waals surface area contributed by atoms with E-state index in [1.807, 2.05) is 30.4 Å². The summed E-state index contributed by atoms with van der Waals surface area (Å²) in [5.74, 6) is 1.03. The van der Waals surface area contributed by atoms with E-state index in [9.17, 15) is 4.79 Å². The maximum atomic E-state index is 11.9. The largest absolute Gasteiger partial charge is 0.345 e. The number of nitrogens with one attached hydrogen (secondary N) is 1. The van der Waals surface area contributed by atoms with Crippen LogP contribution < -0.4 is 5.69 Å². The second kappa shape index (κ2) is 9.33. The number of nitrogens with zero attached hydrogens (tertiary/aromatic N) is 1. The maximum absolute atomic E-state index is 11.9. The van der Waals surface area contributed by atoms with Crippen LogP contribution in [0.4, 0.5) is 0 Å². The van der Waals surface area contributed by atoms with Crippen molar-refractivity contribution >= 4 is 24.3 Å². The Bertz CT molecular complexity index is 970. The Hall–Kier alpha value is -3.20. The third kappa shape index (κ3) is 5.89. The Morgan fingerprint density at radius 2 is 1.21 bits per heavy atom. The van der Waals surface area contributed by atoms with Crippen LogP contribution in [0.15, 0.2) is 59.4 Å². The van der Waals surface area contributed by atoms with Crippen molar-refractivity contribution in [3.05, 3.63) is 98.7 Å². The molecule has 3 heteroatoms. The number of rotatable bonds is 6. The molecule has 0 unspecified atom stereocenters. The maximum Gasteiger partial charge on any atom is 0.345 e. The van der Waals surface area contributed by atoms with Crippen molar-refractivity contribution in [1.29, 1.82) is 0 Å². The summed E-state index contributed by atoms with van der Waals surface area (Å²) in [4.78, 5) is 18.8. The first kappa shape index (κ1) is 20.5. The zero-order valence-corrected chi connectivity index (χ0v) is 17.5. The average Bonchev–Trinajstić information content (AvgIpc) is 2.71. The SMILES string of the molecule is CC(C)c1ccc(C=Cc2cc(C=Cc3ccc(C(C)C)cc3)[nH]c(=O)n2)cc1. The Balaban J connectivity index is 1.76. The van der Waals surface area contributed by atoms with Crippen molar-refractivity contribution < 1.29 is 0 Å². The van der Waals surface area contributed by atoms with Gasteiger partial charge in [-0.1, -0.05) is 88.4 Å². The molecular formula is C26H28N2O. The van der Waals surface area contributed by atoms with Gasteiger partial charge in [-0.05, 0) is 52.3 Å². The molecule has 0 amide bonds. The Morgan fingerprint density at radius 3 is 1.69 bits per heavy atom. The van der Waals surface area contributed by atoms with E-state index in [0.29, 0.717) is 17.5 Å². The number of hydrogen-bond acceptors (Lipinski definition) is 2. The van der Waals surface area contributed by atoms with Crippen LogP contribution >= 0.6 is 0 Å². The molecule has 0 saturated carbocycles. The van der Waals surface area contributed by atoms with E-state index in [-0.39, 0.29) is 5.69 Å². The van der Waals surface area contributed by atoms with Gasteiger partial charge in [0, 0.05) is 5.69 Å². The summed E-state index contributed by atoms with van der Waals surface area (Å²) in [6, 6.07) is 18.8. The van der Waals surface area contributed by atoms with Gasteiger partial charge in [-0.3, -0.25) is 0 Å². The molecule has 1 aromatic heterocycles. The molecule has 0 atom stereocenters. The van der Waals surface area contributed by atoms with E-state index in [4.69, 9.17) is 0 Å². The third-order valence-electron chi connectivity index (χ3n) is 4.89. The fourth-order valence-corrected chi connectivity index (χ4v) is 3.02. The molecule has 3 rings (SSSR count). The summed E-state index contributed by atoms with van der Waals surface area (Å²) in [6.07, 6.45) is 7.74. The van der Waals surface area contributed by atoms with Gasteiger partial charge >= 0.3 is 5.69 Å². The second-order valence-corrected chi connectivity index (χ2v) is 7.88. The van der Waals surface area contributed by atoms with Gasteiger partial charge < -0.3 is 4.98 Å². The molecule has 0 fully saturated rings. The summed E-state index contributed by atoms with van der Waals surface area (Å²) in [5, 5.41) is 0. The van der Waals surface area contributed by atoms with E-state index in [1.165, 1.54) is 11.1 Å². The van der Waals surface area contributed by atoms with Gasteiger partial charge in [0.25, 0.3) is 0 Å². The van der Waals surface area contributed by atoms with Crippen LogP contribution in [0.1, 0.15) is 73.2 Å². The first-order valence-electron chi connectivity index (χ1n) is 10.1. The van der Waals surface area contributed by atoms with E-state index >= 15 is 0 Å². The molecule has 0 spiro atoms. The van der Waals surface area contributed by atoms with Crippen molar-refractivity contribution in [2.45, 2.75) is 39.5 Å². The van der Waals surface area contributed by atoms with Gasteiger partial charge in [-0.25, -0.2) is 4.79 Å². The van der Waals surface area contributed by atoms with Gasteiger partial charge in [0.2, 0.25) is 0 Å². The predicted molar refractivity (Wildman–Crippen MR) is 124 cm³/mol. The molecule has 3 aromatic rings. The highest BCUT2D eigenvalue weighted by Gasteiger charge is 2.00. The molecule has 1 N–H and O–H groups in total. The standard InChI is InChI=1S/C26H28N2O/c1-18(2)22-11-5-20(6-12-22)9-15-24-17-25(28-26(29)27-24)16-10-21-7-13-23(14-8-21)19(3)4/h5-19H,1-4H3,(H,27,28,29). The van der Waals surface area contributed by atoms with Crippen LogP contribution in [0, 0.1) is 0 Å². The van der Waals surface area contributed by atoms with Crippen LogP contribution in [0.3, 0.4) is 0 Å². The molecule has 0 radical (unpaired) electrons. The quantitative estimate of drug-likeness (QED) is 0.537. The van der Waals surface area contributed by atoms with Crippen molar-refractivity contribution in [2.24, 2.45) is 0 Å². The van der Waals surface area contributed by atoms with E-state index in [1.54, 1.807) is 0 Å². The number of benzene rings is 2. The molecule has 29 heavy (non-hydrogen) atoms. The summed E-state index contributed by atoms with van der Waals surface area (Å²) in [6.45, 7) is 8.72. The Kier molecular flexibility index (Phi) is 6.61. The number of aromatic nitrogens is 2. The lowest BCUT2D eigenvalue weighted by atomic mass is 10.0. The number of aromatic amines is 1. The topological polar surface area (TPSA) is 45.8 Å². The van der Waals surface area contributed by atoms with Crippen molar-refractivity contribution in [2.75, 3.05) is 0 Å². The highest BCUT2D eigenvalue weighted by Crippen LogP contribution is 2.17. The first-order chi connectivity index (χ1) is 13.9. The van der Waals surface area contributed by atoms with E-state index in [0.717, 1.165) is 16.8 Å². The first-order valence-corrected chi connectivity index (χ1v) is 10.1. The molecule has 3 nitrogen and oxygen atoms in total. The van der Waals surface area contributed by atoms with Crippen LogP contribution in [0.25, 0.3) is 24.3 Å². The molecular weight excluding hydrogens is 356 g/mol. The lowest BCUT2D eigenvalue weighted by Crippen LogP contribution is -2.12. The smallest absolute Gasteiger partial charge is 0.306 e. The fraction of sp³-hybridized carbons (Fsp3) is 0.231. The third-order valence-corrected chi connectivity index (χ3v) is 4.89. The van der Waals surface area contributed by atoms with Gasteiger partial charge in [0.15, 0.2) is 0 Å². The lowest BCUT2D eigenvalue weighted by Gasteiger charge is -2.05. The Labute approximate surface area is 172 Å². The molecule has 148 valence electrons. The van der Waals surface area contributed by atoms with E-state index < -0.39 is 0 Å². The molecule has 0 aliphatic carbocycles. The minimum Gasteiger partial charge on any atom is -0.306 e. The highest BCUT2D eigenvalue weighted by molar-refractivity contribution is 5.71. The lowest BCUT2D eigenvalue weighted by molar-refractivity contribution is 0.866. The van der Waals surface area contributed by atoms with Crippen LogP contribution in [-0.4, -0.2) is 9.97 Å². The fourth-order valence-electron chi connectivity index (χ4n) is 3.02. The van der Waals surface area contributed by atoms with Crippen molar-refractivity contribution in [3.8, 4) is 0 Å². The minimum atomic E-state index is -0.350.